The van der Waals surface area contributed by atoms with Crippen molar-refractivity contribution in [2.24, 2.45) is 5.73 Å². The van der Waals surface area contributed by atoms with E-state index >= 15 is 0 Å². The molecule has 1 saturated heterocycles. The number of rotatable bonds is 1. The van der Waals surface area contributed by atoms with Gasteiger partial charge in [0.2, 0.25) is 5.58 Å². The second-order valence-electron chi connectivity index (χ2n) is 4.20. The molecule has 6 nitrogen and oxygen atoms in total. The van der Waals surface area contributed by atoms with Crippen molar-refractivity contribution in [3.8, 4) is 0 Å². The minimum Gasteiger partial charge on any atom is -0.380 e. The van der Waals surface area contributed by atoms with Crippen molar-refractivity contribution < 1.29 is 4.52 Å². The van der Waals surface area contributed by atoms with Crippen molar-refractivity contribution in [3.63, 3.8) is 0 Å². The molecule has 19 heavy (non-hydrogen) atoms. The van der Waals surface area contributed by atoms with Crippen molar-refractivity contribution in [3.05, 3.63) is 11.2 Å². The minimum atomic E-state index is 0. The van der Waals surface area contributed by atoms with E-state index in [2.05, 4.69) is 15.0 Å². The van der Waals surface area contributed by atoms with E-state index in [1.54, 1.807) is 6.20 Å². The highest BCUT2D eigenvalue weighted by Crippen LogP contribution is 2.34. The summed E-state index contributed by atoms with van der Waals surface area (Å²) in [7, 11) is 0. The maximum Gasteiger partial charge on any atom is 0.212 e. The van der Waals surface area contributed by atoms with Crippen LogP contribution in [0.2, 0.25) is 5.02 Å². The van der Waals surface area contributed by atoms with Gasteiger partial charge in [-0.1, -0.05) is 16.8 Å². The van der Waals surface area contributed by atoms with Crippen LogP contribution in [-0.4, -0.2) is 29.3 Å². The van der Waals surface area contributed by atoms with Crippen molar-refractivity contribution in [2.75, 3.05) is 23.7 Å². The largest absolute Gasteiger partial charge is 0.380 e. The predicted molar refractivity (Wildman–Crippen MR) is 80.5 cm³/mol. The zero-order valence-corrected chi connectivity index (χ0v) is 12.3. The van der Waals surface area contributed by atoms with Gasteiger partial charge < -0.3 is 20.9 Å². The lowest BCUT2D eigenvalue weighted by molar-refractivity contribution is 0.459. The molecule has 1 fully saturated rings. The summed E-state index contributed by atoms with van der Waals surface area (Å²) in [6.07, 6.45) is 2.51. The van der Waals surface area contributed by atoms with Crippen LogP contribution in [0, 0.1) is 0 Å². The molecular formula is C10H14Cl3N5O. The number of nitrogens with zero attached hydrogens (tertiary/aromatic N) is 3. The molecule has 1 aliphatic heterocycles. The summed E-state index contributed by atoms with van der Waals surface area (Å²) in [5.41, 5.74) is 12.1. The molecule has 0 aromatic carbocycles. The molecular weight excluding hydrogens is 313 g/mol. The Morgan fingerprint density at radius 1 is 1.42 bits per heavy atom. The summed E-state index contributed by atoms with van der Waals surface area (Å²) in [5, 5.41) is 4.80. The Morgan fingerprint density at radius 2 is 2.16 bits per heavy atom. The number of hydrogen-bond acceptors (Lipinski definition) is 6. The van der Waals surface area contributed by atoms with Crippen LogP contribution in [0.15, 0.2) is 10.7 Å². The topological polar surface area (TPSA) is 94.2 Å². The minimum absolute atomic E-state index is 0. The van der Waals surface area contributed by atoms with Crippen LogP contribution in [0.25, 0.3) is 11.0 Å². The molecule has 3 heterocycles. The lowest BCUT2D eigenvalue weighted by Crippen LogP contribution is -2.26. The summed E-state index contributed by atoms with van der Waals surface area (Å²) in [5.74, 6) is 0.999. The second kappa shape index (κ2) is 6.00. The summed E-state index contributed by atoms with van der Waals surface area (Å²) in [4.78, 5) is 6.35. The van der Waals surface area contributed by atoms with Gasteiger partial charge in [0.25, 0.3) is 0 Å². The maximum absolute atomic E-state index is 6.03. The SMILES string of the molecule is Cl.Cl.Nc1noc2c(N3CC[C@@H](N)C3)ncc(Cl)c12. The van der Waals surface area contributed by atoms with E-state index in [-0.39, 0.29) is 36.7 Å². The quantitative estimate of drug-likeness (QED) is 0.830. The molecule has 0 unspecified atom stereocenters. The van der Waals surface area contributed by atoms with E-state index in [4.69, 9.17) is 27.6 Å². The van der Waals surface area contributed by atoms with Crippen molar-refractivity contribution in [2.45, 2.75) is 12.5 Å². The van der Waals surface area contributed by atoms with Crippen molar-refractivity contribution in [1.29, 1.82) is 0 Å². The molecule has 0 aliphatic carbocycles. The highest BCUT2D eigenvalue weighted by atomic mass is 35.5. The molecule has 2 aromatic rings. The third-order valence-electron chi connectivity index (χ3n) is 2.98. The zero-order valence-electron chi connectivity index (χ0n) is 9.88. The Bertz CT molecular complexity index is 576. The van der Waals surface area contributed by atoms with Crippen LogP contribution in [0.1, 0.15) is 6.42 Å². The summed E-state index contributed by atoms with van der Waals surface area (Å²) in [6, 6.07) is 0.169. The van der Waals surface area contributed by atoms with Gasteiger partial charge in [-0.05, 0) is 6.42 Å². The molecule has 1 atom stereocenters. The van der Waals surface area contributed by atoms with Crippen LogP contribution < -0.4 is 16.4 Å². The Hall–Kier alpha value is -0.950. The van der Waals surface area contributed by atoms with Gasteiger partial charge in [-0.2, -0.15) is 0 Å². The van der Waals surface area contributed by atoms with E-state index < -0.39 is 0 Å². The number of pyridine rings is 1. The van der Waals surface area contributed by atoms with Crippen LogP contribution in [0.5, 0.6) is 0 Å². The van der Waals surface area contributed by atoms with Crippen molar-refractivity contribution in [1.82, 2.24) is 10.1 Å². The van der Waals surface area contributed by atoms with Gasteiger partial charge in [0.05, 0.1) is 10.4 Å². The Balaban J connectivity index is 0.000000902. The third-order valence-corrected chi connectivity index (χ3v) is 3.27. The molecule has 3 rings (SSSR count). The van der Waals surface area contributed by atoms with Gasteiger partial charge in [-0.3, -0.25) is 0 Å². The fraction of sp³-hybridized carbons (Fsp3) is 0.400. The zero-order chi connectivity index (χ0) is 12.0. The Morgan fingerprint density at radius 3 is 2.79 bits per heavy atom. The first kappa shape index (κ1) is 16.1. The number of nitrogen functional groups attached to an aromatic ring is 1. The standard InChI is InChI=1S/C10H12ClN5O.2ClH/c11-6-3-14-10(16-2-1-5(12)4-16)8-7(6)9(13)15-17-8;;/h3,5H,1-2,4,12H2,(H2,13,15);2*1H/t5-;;/m1../s1. The molecule has 0 bridgehead atoms. The fourth-order valence-corrected chi connectivity index (χ4v) is 2.36. The molecule has 0 saturated carbocycles. The van der Waals surface area contributed by atoms with E-state index in [0.29, 0.717) is 21.8 Å². The van der Waals surface area contributed by atoms with Crippen LogP contribution in [0.3, 0.4) is 0 Å². The average molecular weight is 327 g/mol. The van der Waals surface area contributed by atoms with Gasteiger partial charge in [0, 0.05) is 25.3 Å². The molecule has 0 radical (unpaired) electrons. The number of fused-ring (bicyclic) bond motifs is 1. The lowest BCUT2D eigenvalue weighted by atomic mass is 10.3. The van der Waals surface area contributed by atoms with Gasteiger partial charge in [0.15, 0.2) is 11.6 Å². The normalized spacial score (nSPS) is 18.2. The van der Waals surface area contributed by atoms with E-state index in [1.165, 1.54) is 0 Å². The lowest BCUT2D eigenvalue weighted by Gasteiger charge is -2.16. The van der Waals surface area contributed by atoms with Gasteiger partial charge in [-0.25, -0.2) is 4.98 Å². The molecule has 0 spiro atoms. The molecule has 106 valence electrons. The fourth-order valence-electron chi connectivity index (χ4n) is 2.13. The van der Waals surface area contributed by atoms with E-state index in [0.717, 1.165) is 19.5 Å². The summed E-state index contributed by atoms with van der Waals surface area (Å²) in [6.45, 7) is 1.61. The molecule has 4 N–H and O–H groups in total. The van der Waals surface area contributed by atoms with Crippen molar-refractivity contribution >= 4 is 59.0 Å². The molecule has 0 amide bonds. The maximum atomic E-state index is 6.03. The number of hydrogen-bond donors (Lipinski definition) is 2. The highest BCUT2D eigenvalue weighted by molar-refractivity contribution is 6.36. The van der Waals surface area contributed by atoms with Crippen LogP contribution >= 0.6 is 36.4 Å². The number of nitrogens with two attached hydrogens (primary N) is 2. The monoisotopic (exact) mass is 325 g/mol. The first-order chi connectivity index (χ1) is 8.16. The average Bonchev–Trinajstić information content (AvgIpc) is 2.87. The van der Waals surface area contributed by atoms with E-state index in [9.17, 15) is 0 Å². The van der Waals surface area contributed by atoms with E-state index in [1.807, 2.05) is 0 Å². The number of aromatic nitrogens is 2. The van der Waals surface area contributed by atoms with Gasteiger partial charge in [0.1, 0.15) is 0 Å². The number of halogens is 3. The van der Waals surface area contributed by atoms with Gasteiger partial charge in [-0.15, -0.1) is 24.8 Å². The first-order valence-corrected chi connectivity index (χ1v) is 5.74. The number of anilines is 2. The first-order valence-electron chi connectivity index (χ1n) is 5.36. The summed E-state index contributed by atoms with van der Waals surface area (Å²) >= 11 is 6.03. The summed E-state index contributed by atoms with van der Waals surface area (Å²) < 4.78 is 5.20. The smallest absolute Gasteiger partial charge is 0.212 e. The predicted octanol–water partition coefficient (Wildman–Crippen LogP) is 1.84. The highest BCUT2D eigenvalue weighted by Gasteiger charge is 2.25. The third kappa shape index (κ3) is 2.67. The van der Waals surface area contributed by atoms with Gasteiger partial charge >= 0.3 is 0 Å². The second-order valence-corrected chi connectivity index (χ2v) is 4.60. The molecule has 2 aromatic heterocycles. The Kier molecular flexibility index (Phi) is 5.09. The van der Waals surface area contributed by atoms with Crippen LogP contribution in [0.4, 0.5) is 11.6 Å². The van der Waals surface area contributed by atoms with Crippen LogP contribution in [-0.2, 0) is 0 Å². The molecule has 1 aliphatic rings. The molecule has 9 heteroatoms. The Labute approximate surface area is 127 Å².